The summed E-state index contributed by atoms with van der Waals surface area (Å²) in [7, 11) is 3.28. The molecule has 12 heavy (non-hydrogen) atoms. The molecular formula is C9H14O3. The van der Waals surface area contributed by atoms with Gasteiger partial charge in [0.1, 0.15) is 5.76 Å². The maximum Gasteiger partial charge on any atom is 0.202 e. The first kappa shape index (κ1) is 9.29. The Balaban J connectivity index is 2.63. The molecule has 1 rings (SSSR count). The summed E-state index contributed by atoms with van der Waals surface area (Å²) >= 11 is 0. The monoisotopic (exact) mass is 170 g/mol. The van der Waals surface area contributed by atoms with E-state index < -0.39 is 0 Å². The molecule has 0 fully saturated rings. The van der Waals surface area contributed by atoms with Gasteiger partial charge in [0.15, 0.2) is 0 Å². The Morgan fingerprint density at radius 2 is 2.33 bits per heavy atom. The van der Waals surface area contributed by atoms with Gasteiger partial charge in [0.05, 0.1) is 6.10 Å². The minimum absolute atomic E-state index is 0.0664. The summed E-state index contributed by atoms with van der Waals surface area (Å²) in [4.78, 5) is 0. The lowest BCUT2D eigenvalue weighted by molar-refractivity contribution is -0.122. The largest absolute Gasteiger partial charge is 0.465 e. The predicted molar refractivity (Wildman–Crippen MR) is 45.6 cm³/mol. The van der Waals surface area contributed by atoms with Crippen molar-refractivity contribution in [3.63, 3.8) is 0 Å². The average Bonchev–Trinajstić information content (AvgIpc) is 2.16. The molecule has 0 aromatic carbocycles. The molecule has 3 nitrogen and oxygen atoms in total. The summed E-state index contributed by atoms with van der Waals surface area (Å²) in [6.07, 6.45) is 4.12. The first-order chi connectivity index (χ1) is 5.80. The van der Waals surface area contributed by atoms with E-state index in [4.69, 9.17) is 14.2 Å². The Bertz CT molecular complexity index is 186. The maximum absolute atomic E-state index is 5.36. The summed E-state index contributed by atoms with van der Waals surface area (Å²) in [6.45, 7) is 3.62. The van der Waals surface area contributed by atoms with E-state index in [0.717, 1.165) is 12.2 Å². The molecule has 0 aliphatic carbocycles. The number of methoxy groups -OCH3 is 2. The third-order valence-electron chi connectivity index (χ3n) is 1.81. The summed E-state index contributed by atoms with van der Waals surface area (Å²) in [5.74, 6) is 0.722. The third-order valence-corrected chi connectivity index (χ3v) is 1.81. The summed E-state index contributed by atoms with van der Waals surface area (Å²) in [5, 5.41) is 0. The summed E-state index contributed by atoms with van der Waals surface area (Å²) in [5.41, 5.74) is 0. The molecule has 0 bridgehead atoms. The maximum atomic E-state index is 5.36. The second-order valence-electron chi connectivity index (χ2n) is 2.57. The van der Waals surface area contributed by atoms with Gasteiger partial charge in [0.25, 0.3) is 0 Å². The fraction of sp³-hybridized carbons (Fsp3) is 0.556. The van der Waals surface area contributed by atoms with Crippen LogP contribution < -0.4 is 0 Å². The van der Waals surface area contributed by atoms with Gasteiger partial charge in [-0.15, -0.1) is 0 Å². The van der Waals surface area contributed by atoms with E-state index in [1.54, 1.807) is 20.3 Å². The van der Waals surface area contributed by atoms with Crippen LogP contribution in [0.2, 0.25) is 0 Å². The minimum Gasteiger partial charge on any atom is -0.465 e. The van der Waals surface area contributed by atoms with Gasteiger partial charge in [-0.3, -0.25) is 0 Å². The van der Waals surface area contributed by atoms with Crippen LogP contribution in [-0.2, 0) is 14.2 Å². The van der Waals surface area contributed by atoms with Gasteiger partial charge in [-0.05, 0) is 12.2 Å². The van der Waals surface area contributed by atoms with E-state index in [0.29, 0.717) is 0 Å². The second-order valence-corrected chi connectivity index (χ2v) is 2.57. The van der Waals surface area contributed by atoms with Crippen LogP contribution in [0, 0.1) is 0 Å². The number of rotatable bonds is 3. The lowest BCUT2D eigenvalue weighted by Gasteiger charge is -2.26. The van der Waals surface area contributed by atoms with Crippen LogP contribution in [0.15, 0.2) is 24.5 Å². The molecule has 0 aromatic rings. The van der Waals surface area contributed by atoms with Crippen LogP contribution in [0.5, 0.6) is 0 Å². The minimum atomic E-state index is -0.215. The van der Waals surface area contributed by atoms with Crippen LogP contribution in [0.4, 0.5) is 0 Å². The Hall–Kier alpha value is -0.800. The van der Waals surface area contributed by atoms with Crippen molar-refractivity contribution in [1.82, 2.24) is 0 Å². The second kappa shape index (κ2) is 4.28. The van der Waals surface area contributed by atoms with Crippen molar-refractivity contribution < 1.29 is 14.2 Å². The van der Waals surface area contributed by atoms with E-state index in [9.17, 15) is 0 Å². The van der Waals surface area contributed by atoms with Crippen molar-refractivity contribution in [3.05, 3.63) is 24.5 Å². The highest BCUT2D eigenvalue weighted by atomic mass is 16.7. The predicted octanol–water partition coefficient (Wildman–Crippen LogP) is 1.46. The zero-order chi connectivity index (χ0) is 8.97. The molecule has 0 saturated heterocycles. The number of hydrogen-bond donors (Lipinski definition) is 0. The normalized spacial score (nSPS) is 29.0. The molecule has 0 N–H and O–H groups in total. The van der Waals surface area contributed by atoms with Crippen molar-refractivity contribution in [2.24, 2.45) is 0 Å². The molecule has 0 radical (unpaired) electrons. The first-order valence-corrected chi connectivity index (χ1v) is 3.86. The number of allylic oxidation sites excluding steroid dienone is 1. The smallest absolute Gasteiger partial charge is 0.202 e. The van der Waals surface area contributed by atoms with Crippen LogP contribution in [0.25, 0.3) is 0 Å². The SMILES string of the molecule is C=CC1=C[C@@H](OC)C[C@@H](OC)O1. The number of hydrogen-bond acceptors (Lipinski definition) is 3. The average molecular weight is 170 g/mol. The van der Waals surface area contributed by atoms with Gasteiger partial charge in [0, 0.05) is 20.6 Å². The van der Waals surface area contributed by atoms with Crippen molar-refractivity contribution in [2.45, 2.75) is 18.8 Å². The lowest BCUT2D eigenvalue weighted by Crippen LogP contribution is -2.27. The Morgan fingerprint density at radius 1 is 1.58 bits per heavy atom. The number of ether oxygens (including phenoxy) is 3. The van der Waals surface area contributed by atoms with Crippen molar-refractivity contribution in [1.29, 1.82) is 0 Å². The fourth-order valence-corrected chi connectivity index (χ4v) is 1.10. The van der Waals surface area contributed by atoms with Gasteiger partial charge >= 0.3 is 0 Å². The van der Waals surface area contributed by atoms with E-state index in [1.165, 1.54) is 0 Å². The topological polar surface area (TPSA) is 27.7 Å². The van der Waals surface area contributed by atoms with Crippen LogP contribution in [0.3, 0.4) is 0 Å². The highest BCUT2D eigenvalue weighted by molar-refractivity contribution is 5.13. The molecule has 0 spiro atoms. The van der Waals surface area contributed by atoms with E-state index in [2.05, 4.69) is 6.58 Å². The Kier molecular flexibility index (Phi) is 3.31. The molecule has 1 aliphatic rings. The molecule has 1 aliphatic heterocycles. The van der Waals surface area contributed by atoms with Crippen LogP contribution >= 0.6 is 0 Å². The van der Waals surface area contributed by atoms with E-state index in [-0.39, 0.29) is 12.4 Å². The summed E-state index contributed by atoms with van der Waals surface area (Å²) in [6, 6.07) is 0. The molecule has 1 heterocycles. The fourth-order valence-electron chi connectivity index (χ4n) is 1.10. The van der Waals surface area contributed by atoms with Crippen molar-refractivity contribution in [2.75, 3.05) is 14.2 Å². The first-order valence-electron chi connectivity index (χ1n) is 3.86. The zero-order valence-corrected chi connectivity index (χ0v) is 7.45. The van der Waals surface area contributed by atoms with Crippen molar-refractivity contribution >= 4 is 0 Å². The highest BCUT2D eigenvalue weighted by Gasteiger charge is 2.21. The molecule has 0 unspecified atom stereocenters. The lowest BCUT2D eigenvalue weighted by atomic mass is 10.2. The highest BCUT2D eigenvalue weighted by Crippen LogP contribution is 2.19. The third kappa shape index (κ3) is 2.09. The van der Waals surface area contributed by atoms with Crippen LogP contribution in [0.1, 0.15) is 6.42 Å². The van der Waals surface area contributed by atoms with Crippen LogP contribution in [-0.4, -0.2) is 26.6 Å². The molecular weight excluding hydrogens is 156 g/mol. The van der Waals surface area contributed by atoms with E-state index in [1.807, 2.05) is 6.08 Å². The van der Waals surface area contributed by atoms with Gasteiger partial charge in [-0.1, -0.05) is 6.58 Å². The molecule has 2 atom stereocenters. The van der Waals surface area contributed by atoms with Gasteiger partial charge in [-0.25, -0.2) is 0 Å². The molecule has 0 aromatic heterocycles. The van der Waals surface area contributed by atoms with Crippen molar-refractivity contribution in [3.8, 4) is 0 Å². The summed E-state index contributed by atoms with van der Waals surface area (Å²) < 4.78 is 15.6. The molecule has 68 valence electrons. The van der Waals surface area contributed by atoms with Gasteiger partial charge in [0.2, 0.25) is 6.29 Å². The molecule has 3 heteroatoms. The molecule has 0 saturated carbocycles. The Morgan fingerprint density at radius 3 is 2.83 bits per heavy atom. The van der Waals surface area contributed by atoms with E-state index >= 15 is 0 Å². The molecule has 0 amide bonds. The Labute approximate surface area is 72.6 Å². The van der Waals surface area contributed by atoms with Gasteiger partial charge < -0.3 is 14.2 Å². The standard InChI is InChI=1S/C9H14O3/c1-4-7-5-8(10-2)6-9(11-3)12-7/h4-5,8-9H,1,6H2,2-3H3/t8-,9+/m1/s1. The van der Waals surface area contributed by atoms with Gasteiger partial charge in [-0.2, -0.15) is 0 Å². The quantitative estimate of drug-likeness (QED) is 0.641. The zero-order valence-electron chi connectivity index (χ0n) is 7.45.